The first-order valence-electron chi connectivity index (χ1n) is 4.25. The highest BCUT2D eigenvalue weighted by Gasteiger charge is 2.24. The molecule has 0 saturated carbocycles. The molecule has 0 fully saturated rings. The van der Waals surface area contributed by atoms with Gasteiger partial charge >= 0.3 is 5.97 Å². The standard InChI is InChI=1S/C9H18O3/c1-6-7(2)11-12-8(10)9(3,4)5/h7H,6H2,1-5H3. The number of rotatable bonds is 3. The Labute approximate surface area is 74.0 Å². The maximum absolute atomic E-state index is 11.1. The average Bonchev–Trinajstić information content (AvgIpc) is 1.97. The lowest BCUT2D eigenvalue weighted by Gasteiger charge is -2.16. The molecule has 0 aliphatic carbocycles. The van der Waals surface area contributed by atoms with Gasteiger partial charge in [0, 0.05) is 0 Å². The van der Waals surface area contributed by atoms with Crippen LogP contribution in [0.25, 0.3) is 0 Å². The summed E-state index contributed by atoms with van der Waals surface area (Å²) in [7, 11) is 0. The first-order chi connectivity index (χ1) is 5.38. The van der Waals surface area contributed by atoms with Crippen molar-refractivity contribution in [1.82, 2.24) is 0 Å². The van der Waals surface area contributed by atoms with E-state index in [1.54, 1.807) is 20.8 Å². The Morgan fingerprint density at radius 2 is 1.92 bits per heavy atom. The number of carbonyl (C=O) groups excluding carboxylic acids is 1. The summed E-state index contributed by atoms with van der Waals surface area (Å²) >= 11 is 0. The summed E-state index contributed by atoms with van der Waals surface area (Å²) < 4.78 is 0. The molecule has 0 aliphatic heterocycles. The van der Waals surface area contributed by atoms with Gasteiger partial charge in [-0.2, -0.15) is 4.89 Å². The zero-order valence-corrected chi connectivity index (χ0v) is 8.51. The fraction of sp³-hybridized carbons (Fsp3) is 0.889. The van der Waals surface area contributed by atoms with E-state index in [1.165, 1.54) is 0 Å². The van der Waals surface area contributed by atoms with Crippen molar-refractivity contribution in [3.8, 4) is 0 Å². The number of hydrogen-bond acceptors (Lipinski definition) is 3. The lowest BCUT2D eigenvalue weighted by Crippen LogP contribution is -2.24. The van der Waals surface area contributed by atoms with Crippen LogP contribution in [0.15, 0.2) is 0 Å². The van der Waals surface area contributed by atoms with Crippen LogP contribution in [0.1, 0.15) is 41.0 Å². The molecule has 0 N–H and O–H groups in total. The third-order valence-corrected chi connectivity index (χ3v) is 1.48. The Morgan fingerprint density at radius 3 is 2.25 bits per heavy atom. The van der Waals surface area contributed by atoms with Crippen molar-refractivity contribution in [1.29, 1.82) is 0 Å². The van der Waals surface area contributed by atoms with E-state index in [0.29, 0.717) is 0 Å². The maximum Gasteiger partial charge on any atom is 0.347 e. The maximum atomic E-state index is 11.1. The van der Waals surface area contributed by atoms with Crippen molar-refractivity contribution in [2.45, 2.75) is 47.1 Å². The highest BCUT2D eigenvalue weighted by Crippen LogP contribution is 2.15. The quantitative estimate of drug-likeness (QED) is 0.486. The van der Waals surface area contributed by atoms with Gasteiger partial charge in [-0.25, -0.2) is 4.79 Å². The Hall–Kier alpha value is -0.570. The zero-order chi connectivity index (χ0) is 9.78. The van der Waals surface area contributed by atoms with Gasteiger partial charge in [0.15, 0.2) is 0 Å². The van der Waals surface area contributed by atoms with Gasteiger partial charge < -0.3 is 0 Å². The molecule has 0 radical (unpaired) electrons. The molecule has 0 aromatic heterocycles. The SMILES string of the molecule is CCC(C)OOC(=O)C(C)(C)C. The van der Waals surface area contributed by atoms with Crippen LogP contribution in [0.4, 0.5) is 0 Å². The van der Waals surface area contributed by atoms with E-state index in [9.17, 15) is 4.79 Å². The van der Waals surface area contributed by atoms with Crippen LogP contribution in [-0.4, -0.2) is 12.1 Å². The van der Waals surface area contributed by atoms with Crippen molar-refractivity contribution in [2.75, 3.05) is 0 Å². The van der Waals surface area contributed by atoms with Crippen molar-refractivity contribution in [3.05, 3.63) is 0 Å². The van der Waals surface area contributed by atoms with E-state index in [2.05, 4.69) is 4.89 Å². The Bertz CT molecular complexity index is 146. The lowest BCUT2D eigenvalue weighted by molar-refractivity contribution is -0.301. The zero-order valence-electron chi connectivity index (χ0n) is 8.51. The van der Waals surface area contributed by atoms with Gasteiger partial charge in [-0.15, -0.1) is 0 Å². The fourth-order valence-electron chi connectivity index (χ4n) is 0.319. The second-order valence-corrected chi connectivity index (χ2v) is 3.94. The Morgan fingerprint density at radius 1 is 1.42 bits per heavy atom. The summed E-state index contributed by atoms with van der Waals surface area (Å²) in [4.78, 5) is 20.6. The summed E-state index contributed by atoms with van der Waals surface area (Å²) in [5.41, 5.74) is -0.493. The van der Waals surface area contributed by atoms with Crippen LogP contribution >= 0.6 is 0 Å². The molecule has 0 heterocycles. The minimum Gasteiger partial charge on any atom is -0.297 e. The molecular weight excluding hydrogens is 156 g/mol. The van der Waals surface area contributed by atoms with Crippen LogP contribution in [-0.2, 0) is 14.6 Å². The summed E-state index contributed by atoms with van der Waals surface area (Å²) in [6.45, 7) is 9.19. The largest absolute Gasteiger partial charge is 0.347 e. The number of hydrogen-bond donors (Lipinski definition) is 0. The van der Waals surface area contributed by atoms with Gasteiger partial charge in [0.2, 0.25) is 0 Å². The number of carbonyl (C=O) groups is 1. The van der Waals surface area contributed by atoms with Crippen molar-refractivity contribution >= 4 is 5.97 Å². The van der Waals surface area contributed by atoms with Gasteiger partial charge in [0.25, 0.3) is 0 Å². The van der Waals surface area contributed by atoms with Gasteiger partial charge in [0.1, 0.15) is 6.10 Å². The molecule has 72 valence electrons. The van der Waals surface area contributed by atoms with E-state index < -0.39 is 5.41 Å². The topological polar surface area (TPSA) is 35.5 Å². The van der Waals surface area contributed by atoms with Crippen LogP contribution in [0.2, 0.25) is 0 Å². The molecule has 3 nitrogen and oxygen atoms in total. The van der Waals surface area contributed by atoms with Crippen LogP contribution in [0, 0.1) is 5.41 Å². The van der Waals surface area contributed by atoms with Crippen LogP contribution in [0.3, 0.4) is 0 Å². The predicted molar refractivity (Wildman–Crippen MR) is 46.4 cm³/mol. The second kappa shape index (κ2) is 4.45. The van der Waals surface area contributed by atoms with E-state index >= 15 is 0 Å². The van der Waals surface area contributed by atoms with Gasteiger partial charge in [-0.3, -0.25) is 4.89 Å². The molecule has 0 bridgehead atoms. The molecule has 0 rings (SSSR count). The van der Waals surface area contributed by atoms with Crippen molar-refractivity contribution < 1.29 is 14.6 Å². The van der Waals surface area contributed by atoms with Gasteiger partial charge in [0.05, 0.1) is 5.41 Å². The third-order valence-electron chi connectivity index (χ3n) is 1.48. The van der Waals surface area contributed by atoms with Gasteiger partial charge in [-0.05, 0) is 34.1 Å². The molecule has 1 atom stereocenters. The molecule has 3 heteroatoms. The Balaban J connectivity index is 3.73. The molecule has 0 aromatic carbocycles. The monoisotopic (exact) mass is 174 g/mol. The first-order valence-corrected chi connectivity index (χ1v) is 4.25. The van der Waals surface area contributed by atoms with E-state index in [1.807, 2.05) is 13.8 Å². The molecule has 0 saturated heterocycles. The average molecular weight is 174 g/mol. The fourth-order valence-corrected chi connectivity index (χ4v) is 0.319. The highest BCUT2D eigenvalue weighted by atomic mass is 17.2. The molecule has 0 aromatic rings. The molecule has 0 aliphatic rings. The molecular formula is C9H18O3. The summed E-state index contributed by atoms with van der Waals surface area (Å²) in [5, 5.41) is 0. The third kappa shape index (κ3) is 4.34. The smallest absolute Gasteiger partial charge is 0.297 e. The Kier molecular flexibility index (Phi) is 4.24. The highest BCUT2D eigenvalue weighted by molar-refractivity contribution is 5.74. The molecule has 1 unspecified atom stereocenters. The summed E-state index contributed by atoms with van der Waals surface area (Å²) in [5.74, 6) is -0.331. The lowest BCUT2D eigenvalue weighted by atomic mass is 9.98. The van der Waals surface area contributed by atoms with Crippen LogP contribution in [0.5, 0.6) is 0 Å². The summed E-state index contributed by atoms with van der Waals surface area (Å²) in [6.07, 6.45) is 0.800. The van der Waals surface area contributed by atoms with E-state index in [-0.39, 0.29) is 12.1 Å². The van der Waals surface area contributed by atoms with Crippen molar-refractivity contribution in [2.24, 2.45) is 5.41 Å². The minimum absolute atomic E-state index is 0.0312. The molecule has 0 spiro atoms. The molecule has 12 heavy (non-hydrogen) atoms. The molecule has 0 amide bonds. The second-order valence-electron chi connectivity index (χ2n) is 3.94. The van der Waals surface area contributed by atoms with Crippen molar-refractivity contribution in [3.63, 3.8) is 0 Å². The van der Waals surface area contributed by atoms with E-state index in [4.69, 9.17) is 4.89 Å². The minimum atomic E-state index is -0.493. The van der Waals surface area contributed by atoms with E-state index in [0.717, 1.165) is 6.42 Å². The normalized spacial score (nSPS) is 14.1. The summed E-state index contributed by atoms with van der Waals surface area (Å²) in [6, 6.07) is 0. The van der Waals surface area contributed by atoms with Gasteiger partial charge in [-0.1, -0.05) is 6.92 Å². The predicted octanol–water partition coefficient (Wildman–Crippen LogP) is 2.31. The first kappa shape index (κ1) is 11.4. The van der Waals surface area contributed by atoms with Crippen LogP contribution < -0.4 is 0 Å².